The van der Waals surface area contributed by atoms with E-state index < -0.39 is 5.63 Å². The molecule has 0 atom stereocenters. The molecule has 0 fully saturated rings. The van der Waals surface area contributed by atoms with Crippen molar-refractivity contribution in [3.63, 3.8) is 0 Å². The minimum absolute atomic E-state index is 0.373. The molecule has 4 aromatic rings. The maximum Gasteiger partial charge on any atom is 0.345 e. The number of ether oxygens (including phenoxy) is 1. The van der Waals surface area contributed by atoms with Crippen LogP contribution in [-0.2, 0) is 0 Å². The monoisotopic (exact) mass is 411 g/mol. The fraction of sp³-hybridized carbons (Fsp3) is 0.0500. The normalized spacial score (nSPS) is 11.2. The Morgan fingerprint density at radius 2 is 2.04 bits per heavy atom. The Balaban J connectivity index is 1.54. The molecule has 2 aromatic carbocycles. The molecular weight excluding hydrogens is 398 g/mol. The molecule has 0 bridgehead atoms. The van der Waals surface area contributed by atoms with Crippen LogP contribution in [0.2, 0.25) is 5.02 Å². The number of hydrogen-bond acceptors (Lipinski definition) is 7. The lowest BCUT2D eigenvalue weighted by Crippen LogP contribution is -2.03. The molecule has 8 heteroatoms. The number of thiazole rings is 1. The van der Waals surface area contributed by atoms with Crippen LogP contribution >= 0.6 is 22.9 Å². The van der Waals surface area contributed by atoms with Gasteiger partial charge >= 0.3 is 5.63 Å². The summed E-state index contributed by atoms with van der Waals surface area (Å²) >= 11 is 7.36. The molecule has 0 saturated heterocycles. The maximum atomic E-state index is 12.3. The first-order chi connectivity index (χ1) is 13.6. The zero-order valence-corrected chi connectivity index (χ0v) is 16.3. The summed E-state index contributed by atoms with van der Waals surface area (Å²) < 4.78 is 10.5. The molecule has 2 heterocycles. The van der Waals surface area contributed by atoms with Crippen LogP contribution in [0.5, 0.6) is 5.75 Å². The van der Waals surface area contributed by atoms with Gasteiger partial charge in [-0.1, -0.05) is 11.6 Å². The Bertz CT molecular complexity index is 1220. The first-order valence-corrected chi connectivity index (χ1v) is 9.50. The van der Waals surface area contributed by atoms with Gasteiger partial charge in [0.05, 0.1) is 24.6 Å². The molecule has 2 aromatic heterocycles. The summed E-state index contributed by atoms with van der Waals surface area (Å²) in [7, 11) is 1.62. The molecular formula is C20H14ClN3O3S. The van der Waals surface area contributed by atoms with Crippen molar-refractivity contribution in [3.05, 3.63) is 74.9 Å². The third kappa shape index (κ3) is 3.90. The lowest BCUT2D eigenvalue weighted by Gasteiger charge is -2.00. The van der Waals surface area contributed by atoms with Gasteiger partial charge in [-0.25, -0.2) is 9.78 Å². The lowest BCUT2D eigenvalue weighted by atomic mass is 10.1. The summed E-state index contributed by atoms with van der Waals surface area (Å²) in [5, 5.41) is 7.81. The summed E-state index contributed by atoms with van der Waals surface area (Å²) in [4.78, 5) is 16.7. The Kier molecular flexibility index (Phi) is 5.10. The molecule has 140 valence electrons. The molecule has 0 radical (unpaired) electrons. The Labute approximate surface area is 169 Å². The summed E-state index contributed by atoms with van der Waals surface area (Å²) in [5.41, 5.74) is 4.70. The van der Waals surface area contributed by atoms with E-state index in [2.05, 4.69) is 15.5 Å². The second-order valence-corrected chi connectivity index (χ2v) is 7.11. The number of nitrogens with zero attached hydrogens (tertiary/aromatic N) is 2. The second-order valence-electron chi connectivity index (χ2n) is 5.81. The van der Waals surface area contributed by atoms with Crippen LogP contribution in [0.15, 0.2) is 68.2 Å². The smallest absolute Gasteiger partial charge is 0.345 e. The fourth-order valence-corrected chi connectivity index (χ4v) is 3.41. The van der Waals surface area contributed by atoms with Gasteiger partial charge < -0.3 is 9.15 Å². The van der Waals surface area contributed by atoms with Crippen molar-refractivity contribution in [1.82, 2.24) is 4.98 Å². The average molecular weight is 412 g/mol. The van der Waals surface area contributed by atoms with Crippen molar-refractivity contribution in [2.45, 2.75) is 0 Å². The van der Waals surface area contributed by atoms with Crippen molar-refractivity contribution in [2.75, 3.05) is 12.5 Å². The number of nitrogens with one attached hydrogen (secondary N) is 1. The number of rotatable bonds is 5. The molecule has 4 rings (SSSR count). The third-order valence-corrected chi connectivity index (χ3v) is 4.95. The van der Waals surface area contributed by atoms with Gasteiger partial charge in [0.1, 0.15) is 11.3 Å². The number of anilines is 1. The highest BCUT2D eigenvalue weighted by molar-refractivity contribution is 7.14. The number of hydrazone groups is 1. The minimum atomic E-state index is -0.451. The Morgan fingerprint density at radius 3 is 2.82 bits per heavy atom. The molecule has 6 nitrogen and oxygen atoms in total. The van der Waals surface area contributed by atoms with Gasteiger partial charge in [-0.3, -0.25) is 5.43 Å². The Hall–Kier alpha value is -3.16. The zero-order chi connectivity index (χ0) is 19.5. The molecule has 0 aliphatic carbocycles. The van der Waals surface area contributed by atoms with Crippen molar-refractivity contribution in [2.24, 2.45) is 5.10 Å². The van der Waals surface area contributed by atoms with Gasteiger partial charge in [-0.05, 0) is 54.1 Å². The summed E-state index contributed by atoms with van der Waals surface area (Å²) in [5.74, 6) is 0.783. The van der Waals surface area contributed by atoms with Gasteiger partial charge in [-0.2, -0.15) is 5.10 Å². The van der Waals surface area contributed by atoms with Crippen molar-refractivity contribution >= 4 is 45.3 Å². The summed E-state index contributed by atoms with van der Waals surface area (Å²) in [6.45, 7) is 0. The fourth-order valence-electron chi connectivity index (χ4n) is 2.57. The molecule has 0 aliphatic rings. The quantitative estimate of drug-likeness (QED) is 0.283. The first-order valence-electron chi connectivity index (χ1n) is 8.25. The van der Waals surface area contributed by atoms with Gasteiger partial charge in [0.2, 0.25) is 5.13 Å². The predicted molar refractivity (Wildman–Crippen MR) is 113 cm³/mol. The van der Waals surface area contributed by atoms with E-state index in [9.17, 15) is 4.79 Å². The van der Waals surface area contributed by atoms with Gasteiger partial charge in [0.25, 0.3) is 0 Å². The number of benzene rings is 2. The van der Waals surface area contributed by atoms with E-state index in [1.807, 2.05) is 24.3 Å². The maximum absolute atomic E-state index is 12.3. The molecule has 28 heavy (non-hydrogen) atoms. The first kappa shape index (κ1) is 18.2. The van der Waals surface area contributed by atoms with Crippen molar-refractivity contribution in [3.8, 4) is 17.0 Å². The zero-order valence-electron chi connectivity index (χ0n) is 14.7. The highest BCUT2D eigenvalue weighted by Gasteiger charge is 2.11. The SMILES string of the molecule is COc1ccc(C=NNc2nc(-c3cc4cc(Cl)ccc4oc3=O)cs2)cc1. The van der Waals surface area contributed by atoms with Gasteiger partial charge in [-0.15, -0.1) is 11.3 Å². The van der Waals surface area contributed by atoms with Crippen LogP contribution in [0.4, 0.5) is 5.13 Å². The summed E-state index contributed by atoms with van der Waals surface area (Å²) in [6.07, 6.45) is 1.67. The second kappa shape index (κ2) is 7.84. The van der Waals surface area contributed by atoms with Crippen molar-refractivity contribution < 1.29 is 9.15 Å². The van der Waals surface area contributed by atoms with Crippen LogP contribution in [0.1, 0.15) is 5.56 Å². The van der Waals surface area contributed by atoms with E-state index in [-0.39, 0.29) is 0 Å². The molecule has 0 amide bonds. The van der Waals surface area contributed by atoms with Crippen LogP contribution in [0, 0.1) is 0 Å². The average Bonchev–Trinajstić information content (AvgIpc) is 3.17. The largest absolute Gasteiger partial charge is 0.497 e. The topological polar surface area (TPSA) is 76.7 Å². The number of aromatic nitrogens is 1. The van der Waals surface area contributed by atoms with E-state index in [4.69, 9.17) is 20.8 Å². The molecule has 0 aliphatic heterocycles. The summed E-state index contributed by atoms with van der Waals surface area (Å²) in [6, 6.07) is 14.3. The van der Waals surface area contributed by atoms with Gasteiger partial charge in [0, 0.05) is 15.8 Å². The number of fused-ring (bicyclic) bond motifs is 1. The molecule has 0 unspecified atom stereocenters. The number of methoxy groups -OCH3 is 1. The predicted octanol–water partition coefficient (Wildman–Crippen LogP) is 5.02. The number of halogens is 1. The molecule has 1 N–H and O–H groups in total. The van der Waals surface area contributed by atoms with Crippen molar-refractivity contribution in [1.29, 1.82) is 0 Å². The van der Waals surface area contributed by atoms with E-state index in [0.717, 1.165) is 16.7 Å². The lowest BCUT2D eigenvalue weighted by molar-refractivity contribution is 0.415. The van der Waals surface area contributed by atoms with E-state index >= 15 is 0 Å². The minimum Gasteiger partial charge on any atom is -0.497 e. The van der Waals surface area contributed by atoms with Crippen LogP contribution in [-0.4, -0.2) is 18.3 Å². The Morgan fingerprint density at radius 1 is 1.21 bits per heavy atom. The standard InChI is InChI=1S/C20H14ClN3O3S/c1-26-15-5-2-12(3-6-15)10-22-24-20-23-17(11-28-20)16-9-13-8-14(21)4-7-18(13)27-19(16)25/h2-11H,1H3,(H,23,24). The molecule has 0 spiro atoms. The van der Waals surface area contributed by atoms with E-state index in [1.165, 1.54) is 11.3 Å². The third-order valence-electron chi connectivity index (χ3n) is 3.96. The number of hydrogen-bond donors (Lipinski definition) is 1. The highest BCUT2D eigenvalue weighted by Crippen LogP contribution is 2.26. The van der Waals surface area contributed by atoms with Crippen LogP contribution in [0.25, 0.3) is 22.2 Å². The van der Waals surface area contributed by atoms with E-state index in [0.29, 0.717) is 27.0 Å². The molecule has 0 saturated carbocycles. The van der Waals surface area contributed by atoms with Crippen LogP contribution in [0.3, 0.4) is 0 Å². The van der Waals surface area contributed by atoms with Crippen LogP contribution < -0.4 is 15.8 Å². The van der Waals surface area contributed by atoms with Gasteiger partial charge in [0.15, 0.2) is 0 Å². The van der Waals surface area contributed by atoms with E-state index in [1.54, 1.807) is 43.0 Å². The highest BCUT2D eigenvalue weighted by atomic mass is 35.5.